The average Bonchev–Trinajstić information content (AvgIpc) is 2.73. The predicted molar refractivity (Wildman–Crippen MR) is 67.2 cm³/mol. The van der Waals surface area contributed by atoms with Gasteiger partial charge in [-0.3, -0.25) is 4.79 Å². The van der Waals surface area contributed by atoms with Gasteiger partial charge in [0.2, 0.25) is 5.89 Å². The lowest BCUT2D eigenvalue weighted by Gasteiger charge is -1.98. The second-order valence-electron chi connectivity index (χ2n) is 3.97. The summed E-state index contributed by atoms with van der Waals surface area (Å²) in [6, 6.07) is 1.23. The molecule has 0 bridgehead atoms. The summed E-state index contributed by atoms with van der Waals surface area (Å²) in [5.74, 6) is 2.01. The quantitative estimate of drug-likeness (QED) is 0.631. The van der Waals surface area contributed by atoms with Gasteiger partial charge in [0, 0.05) is 12.0 Å². The van der Waals surface area contributed by atoms with Crippen molar-refractivity contribution in [3.8, 4) is 0 Å². The van der Waals surface area contributed by atoms with E-state index in [0.29, 0.717) is 22.6 Å². The van der Waals surface area contributed by atoms with Gasteiger partial charge in [-0.25, -0.2) is 4.98 Å². The molecule has 2 aromatic rings. The fraction of sp³-hybridized carbons (Fsp3) is 0.400. The molecule has 0 aromatic carbocycles. The van der Waals surface area contributed by atoms with Gasteiger partial charge in [-0.05, 0) is 0 Å². The van der Waals surface area contributed by atoms with Crippen LogP contribution in [0.2, 0.25) is 0 Å². The number of hydrogen-bond donors (Lipinski definition) is 2. The summed E-state index contributed by atoms with van der Waals surface area (Å²) in [5, 5.41) is 4.28. The standard InChI is InChI=1S/C10H13N5O2S/c1-5(2)9-14-8(17-15-9)4-18-10-12-6(11)3-7(16)13-10/h3,5H,4H2,1-2H3,(H3,11,12,13,16). The maximum absolute atomic E-state index is 11.2. The minimum Gasteiger partial charge on any atom is -0.383 e. The van der Waals surface area contributed by atoms with Gasteiger partial charge in [-0.2, -0.15) is 4.98 Å². The molecule has 96 valence electrons. The number of anilines is 1. The Kier molecular flexibility index (Phi) is 3.66. The van der Waals surface area contributed by atoms with Crippen molar-refractivity contribution in [3.05, 3.63) is 28.1 Å². The van der Waals surface area contributed by atoms with E-state index in [1.54, 1.807) is 0 Å². The molecular weight excluding hydrogens is 254 g/mol. The van der Waals surface area contributed by atoms with Gasteiger partial charge in [0.25, 0.3) is 5.56 Å². The molecule has 0 aliphatic rings. The Hall–Kier alpha value is -1.83. The van der Waals surface area contributed by atoms with E-state index in [1.807, 2.05) is 13.8 Å². The Morgan fingerprint density at radius 3 is 2.89 bits per heavy atom. The number of hydrogen-bond acceptors (Lipinski definition) is 7. The van der Waals surface area contributed by atoms with Crippen LogP contribution in [0, 0.1) is 0 Å². The van der Waals surface area contributed by atoms with Crippen LogP contribution in [-0.2, 0) is 5.75 Å². The second kappa shape index (κ2) is 5.21. The van der Waals surface area contributed by atoms with Gasteiger partial charge in [0.15, 0.2) is 11.0 Å². The highest BCUT2D eigenvalue weighted by molar-refractivity contribution is 7.98. The van der Waals surface area contributed by atoms with E-state index < -0.39 is 0 Å². The zero-order chi connectivity index (χ0) is 13.1. The van der Waals surface area contributed by atoms with Crippen molar-refractivity contribution in [2.45, 2.75) is 30.7 Å². The number of H-pyrrole nitrogens is 1. The number of nitrogens with one attached hydrogen (secondary N) is 1. The number of thioether (sulfide) groups is 1. The molecule has 0 fully saturated rings. The predicted octanol–water partition coefficient (Wildman–Crippen LogP) is 1.15. The maximum Gasteiger partial charge on any atom is 0.253 e. The Morgan fingerprint density at radius 2 is 2.28 bits per heavy atom. The summed E-state index contributed by atoms with van der Waals surface area (Å²) in [6.45, 7) is 3.97. The molecule has 2 rings (SSSR count). The Morgan fingerprint density at radius 1 is 1.50 bits per heavy atom. The Balaban J connectivity index is 2.04. The fourth-order valence-electron chi connectivity index (χ4n) is 1.21. The third kappa shape index (κ3) is 3.10. The van der Waals surface area contributed by atoms with Crippen LogP contribution in [-0.4, -0.2) is 20.1 Å². The first-order valence-corrected chi connectivity index (χ1v) is 6.35. The third-order valence-corrected chi connectivity index (χ3v) is 2.93. The zero-order valence-corrected chi connectivity index (χ0v) is 10.8. The van der Waals surface area contributed by atoms with E-state index in [2.05, 4.69) is 20.1 Å². The van der Waals surface area contributed by atoms with Crippen LogP contribution in [0.25, 0.3) is 0 Å². The number of nitrogens with two attached hydrogens (primary N) is 1. The van der Waals surface area contributed by atoms with Crippen LogP contribution in [0.4, 0.5) is 5.82 Å². The Bertz CT molecular complexity index is 592. The molecule has 0 unspecified atom stereocenters. The van der Waals surface area contributed by atoms with E-state index in [-0.39, 0.29) is 17.3 Å². The number of rotatable bonds is 4. The van der Waals surface area contributed by atoms with Gasteiger partial charge in [-0.1, -0.05) is 30.8 Å². The molecule has 0 aliphatic carbocycles. The topological polar surface area (TPSA) is 111 Å². The largest absolute Gasteiger partial charge is 0.383 e. The summed E-state index contributed by atoms with van der Waals surface area (Å²) in [7, 11) is 0. The molecule has 0 saturated carbocycles. The lowest BCUT2D eigenvalue weighted by molar-refractivity contribution is 0.383. The molecule has 0 atom stereocenters. The number of aromatic nitrogens is 4. The Labute approximate surface area is 107 Å². The monoisotopic (exact) mass is 267 g/mol. The van der Waals surface area contributed by atoms with Crippen molar-refractivity contribution in [1.29, 1.82) is 0 Å². The zero-order valence-electron chi connectivity index (χ0n) is 10.0. The normalized spacial score (nSPS) is 11.1. The SMILES string of the molecule is CC(C)c1noc(CSc2nc(N)cc(=O)[nH]2)n1. The molecule has 0 saturated heterocycles. The minimum absolute atomic E-state index is 0.189. The molecular formula is C10H13N5O2S. The number of nitrogens with zero attached hydrogens (tertiary/aromatic N) is 3. The van der Waals surface area contributed by atoms with Crippen molar-refractivity contribution in [3.63, 3.8) is 0 Å². The highest BCUT2D eigenvalue weighted by atomic mass is 32.2. The van der Waals surface area contributed by atoms with Crippen molar-refractivity contribution in [1.82, 2.24) is 20.1 Å². The fourth-order valence-corrected chi connectivity index (χ4v) is 1.93. The van der Waals surface area contributed by atoms with Crippen LogP contribution < -0.4 is 11.3 Å². The van der Waals surface area contributed by atoms with E-state index in [9.17, 15) is 4.79 Å². The van der Waals surface area contributed by atoms with E-state index in [1.165, 1.54) is 17.8 Å². The van der Waals surface area contributed by atoms with Crippen LogP contribution >= 0.6 is 11.8 Å². The van der Waals surface area contributed by atoms with Gasteiger partial charge in [-0.15, -0.1) is 0 Å². The van der Waals surface area contributed by atoms with E-state index in [4.69, 9.17) is 10.3 Å². The highest BCUT2D eigenvalue weighted by Crippen LogP contribution is 2.19. The smallest absolute Gasteiger partial charge is 0.253 e. The van der Waals surface area contributed by atoms with Crippen LogP contribution in [0.15, 0.2) is 20.5 Å². The number of nitrogen functional groups attached to an aromatic ring is 1. The number of aromatic amines is 1. The molecule has 3 N–H and O–H groups in total. The molecule has 2 aromatic heterocycles. The molecule has 0 radical (unpaired) electrons. The van der Waals surface area contributed by atoms with Gasteiger partial charge in [0.05, 0.1) is 5.75 Å². The van der Waals surface area contributed by atoms with Crippen LogP contribution in [0.3, 0.4) is 0 Å². The summed E-state index contributed by atoms with van der Waals surface area (Å²) < 4.78 is 5.08. The van der Waals surface area contributed by atoms with Gasteiger partial charge in [0.1, 0.15) is 5.82 Å². The molecule has 0 spiro atoms. The molecule has 8 heteroatoms. The summed E-state index contributed by atoms with van der Waals surface area (Å²) in [5.41, 5.74) is 5.20. The summed E-state index contributed by atoms with van der Waals surface area (Å²) in [6.07, 6.45) is 0. The highest BCUT2D eigenvalue weighted by Gasteiger charge is 2.10. The minimum atomic E-state index is -0.279. The average molecular weight is 267 g/mol. The van der Waals surface area contributed by atoms with Crippen LogP contribution in [0.1, 0.15) is 31.5 Å². The van der Waals surface area contributed by atoms with Crippen molar-refractivity contribution < 1.29 is 4.52 Å². The lowest BCUT2D eigenvalue weighted by Crippen LogP contribution is -2.09. The first-order valence-electron chi connectivity index (χ1n) is 5.36. The van der Waals surface area contributed by atoms with Crippen molar-refractivity contribution in [2.24, 2.45) is 0 Å². The van der Waals surface area contributed by atoms with Gasteiger partial charge < -0.3 is 15.2 Å². The van der Waals surface area contributed by atoms with E-state index >= 15 is 0 Å². The maximum atomic E-state index is 11.2. The summed E-state index contributed by atoms with van der Waals surface area (Å²) in [4.78, 5) is 22.0. The second-order valence-corrected chi connectivity index (χ2v) is 4.93. The van der Waals surface area contributed by atoms with Crippen molar-refractivity contribution >= 4 is 17.6 Å². The molecule has 7 nitrogen and oxygen atoms in total. The molecule has 0 aliphatic heterocycles. The third-order valence-electron chi connectivity index (χ3n) is 2.07. The summed E-state index contributed by atoms with van der Waals surface area (Å²) >= 11 is 1.28. The molecule has 2 heterocycles. The first-order chi connectivity index (χ1) is 8.54. The van der Waals surface area contributed by atoms with Crippen molar-refractivity contribution in [2.75, 3.05) is 5.73 Å². The molecule has 18 heavy (non-hydrogen) atoms. The van der Waals surface area contributed by atoms with E-state index in [0.717, 1.165) is 0 Å². The first kappa shape index (κ1) is 12.6. The van der Waals surface area contributed by atoms with Gasteiger partial charge >= 0.3 is 0 Å². The molecule has 0 amide bonds. The van der Waals surface area contributed by atoms with Crippen LogP contribution in [0.5, 0.6) is 0 Å². The lowest BCUT2D eigenvalue weighted by atomic mass is 10.2.